The fourth-order valence-electron chi connectivity index (χ4n) is 2.23. The van der Waals surface area contributed by atoms with Gasteiger partial charge in [0.2, 0.25) is 5.89 Å². The highest BCUT2D eigenvalue weighted by molar-refractivity contribution is 7.11. The molecule has 3 rings (SSSR count). The van der Waals surface area contributed by atoms with Crippen molar-refractivity contribution in [3.05, 3.63) is 57.5 Å². The van der Waals surface area contributed by atoms with E-state index in [0.717, 1.165) is 5.82 Å². The number of carbonyl (C=O) groups excluding carboxylic acids is 1. The normalized spacial score (nSPS) is 10.9. The van der Waals surface area contributed by atoms with Gasteiger partial charge in [-0.2, -0.15) is 4.98 Å². The summed E-state index contributed by atoms with van der Waals surface area (Å²) in [5, 5.41) is 9.86. The molecule has 3 aromatic heterocycles. The third-order valence-corrected chi connectivity index (χ3v) is 4.65. The summed E-state index contributed by atoms with van der Waals surface area (Å²) in [6.45, 7) is 6.95. The summed E-state index contributed by atoms with van der Waals surface area (Å²) in [4.78, 5) is 23.2. The van der Waals surface area contributed by atoms with Gasteiger partial charge in [0.15, 0.2) is 5.82 Å². The van der Waals surface area contributed by atoms with Crippen molar-refractivity contribution in [1.82, 2.24) is 20.4 Å². The van der Waals surface area contributed by atoms with Crippen molar-refractivity contribution in [2.75, 3.05) is 5.32 Å². The van der Waals surface area contributed by atoms with Crippen LogP contribution in [0.15, 0.2) is 35.0 Å². The number of rotatable bonds is 7. The lowest BCUT2D eigenvalue weighted by Gasteiger charge is -2.06. The Morgan fingerprint density at radius 1 is 1.23 bits per heavy atom. The Balaban J connectivity index is 1.51. The zero-order chi connectivity index (χ0) is 18.5. The topological polar surface area (TPSA) is 92.9 Å². The van der Waals surface area contributed by atoms with E-state index in [0.29, 0.717) is 23.8 Å². The second-order valence-corrected chi connectivity index (χ2v) is 7.56. The Hall–Kier alpha value is -2.74. The largest absolute Gasteiger partial charge is 0.365 e. The van der Waals surface area contributed by atoms with Crippen molar-refractivity contribution in [3.8, 4) is 0 Å². The van der Waals surface area contributed by atoms with Crippen LogP contribution >= 0.6 is 11.3 Å². The Morgan fingerprint density at radius 3 is 2.69 bits per heavy atom. The molecule has 0 aromatic carbocycles. The summed E-state index contributed by atoms with van der Waals surface area (Å²) in [5.74, 6) is 1.68. The third kappa shape index (κ3) is 4.66. The molecule has 0 unspecified atom stereocenters. The average Bonchev–Trinajstić information content (AvgIpc) is 3.27. The Morgan fingerprint density at radius 2 is 2.08 bits per heavy atom. The minimum absolute atomic E-state index is 0.161. The summed E-state index contributed by atoms with van der Waals surface area (Å²) < 4.78 is 5.11. The van der Waals surface area contributed by atoms with Crippen LogP contribution in [0.3, 0.4) is 0 Å². The number of aromatic nitrogens is 3. The number of thiophene rings is 1. The highest BCUT2D eigenvalue weighted by Crippen LogP contribution is 2.16. The van der Waals surface area contributed by atoms with Gasteiger partial charge < -0.3 is 15.2 Å². The number of aryl methyl sites for hydroxylation is 1. The molecule has 0 radical (unpaired) electrons. The molecule has 7 nitrogen and oxygen atoms in total. The van der Waals surface area contributed by atoms with Crippen LogP contribution in [0.2, 0.25) is 0 Å². The van der Waals surface area contributed by atoms with Crippen molar-refractivity contribution in [3.63, 3.8) is 0 Å². The second kappa shape index (κ2) is 8.09. The molecule has 1 amide bonds. The first-order chi connectivity index (χ1) is 12.5. The van der Waals surface area contributed by atoms with Crippen LogP contribution in [-0.4, -0.2) is 21.0 Å². The van der Waals surface area contributed by atoms with Crippen molar-refractivity contribution in [2.24, 2.45) is 0 Å². The number of nitrogens with zero attached hydrogens (tertiary/aromatic N) is 3. The molecule has 0 bridgehead atoms. The van der Waals surface area contributed by atoms with Crippen molar-refractivity contribution < 1.29 is 9.32 Å². The molecule has 0 aliphatic heterocycles. The zero-order valence-corrected chi connectivity index (χ0v) is 15.8. The molecule has 0 saturated carbocycles. The first kappa shape index (κ1) is 18.1. The van der Waals surface area contributed by atoms with Crippen molar-refractivity contribution in [1.29, 1.82) is 0 Å². The van der Waals surface area contributed by atoms with E-state index in [9.17, 15) is 4.79 Å². The molecule has 3 heterocycles. The third-order valence-electron chi connectivity index (χ3n) is 3.65. The molecule has 0 atom stereocenters. The van der Waals surface area contributed by atoms with Gasteiger partial charge in [0.1, 0.15) is 5.82 Å². The fraction of sp³-hybridized carbons (Fsp3) is 0.333. The minimum Gasteiger partial charge on any atom is -0.365 e. The number of amides is 1. The van der Waals surface area contributed by atoms with E-state index >= 15 is 0 Å². The van der Waals surface area contributed by atoms with Gasteiger partial charge in [0, 0.05) is 21.9 Å². The molecule has 0 fully saturated rings. The van der Waals surface area contributed by atoms with Crippen LogP contribution in [0.25, 0.3) is 0 Å². The standard InChI is InChI=1S/C18H21N5O2S/c1-11(2)18-22-16(23-25-18)10-21-17(24)13-5-7-15(19-8-13)20-9-14-6-4-12(3)26-14/h4-8,11H,9-10H2,1-3H3,(H,19,20)(H,21,24). The van der Waals surface area contributed by atoms with Crippen LogP contribution in [0.5, 0.6) is 0 Å². The number of hydrogen-bond acceptors (Lipinski definition) is 7. The van der Waals surface area contributed by atoms with E-state index in [1.54, 1.807) is 29.7 Å². The summed E-state index contributed by atoms with van der Waals surface area (Å²) in [6.07, 6.45) is 1.55. The quantitative estimate of drug-likeness (QED) is 0.660. The smallest absolute Gasteiger partial charge is 0.253 e. The summed E-state index contributed by atoms with van der Waals surface area (Å²) in [5.41, 5.74) is 0.482. The van der Waals surface area contributed by atoms with E-state index in [1.807, 2.05) is 13.8 Å². The first-order valence-corrected chi connectivity index (χ1v) is 9.19. The Kier molecular flexibility index (Phi) is 5.62. The van der Waals surface area contributed by atoms with Crippen LogP contribution in [0, 0.1) is 6.92 Å². The SMILES string of the molecule is Cc1ccc(CNc2ccc(C(=O)NCc3noc(C(C)C)n3)cn2)s1. The molecule has 3 aromatic rings. The van der Waals surface area contributed by atoms with Gasteiger partial charge >= 0.3 is 0 Å². The molecule has 0 spiro atoms. The van der Waals surface area contributed by atoms with E-state index in [1.165, 1.54) is 9.75 Å². The Bertz CT molecular complexity index is 870. The molecule has 2 N–H and O–H groups in total. The maximum absolute atomic E-state index is 12.2. The average molecular weight is 371 g/mol. The lowest BCUT2D eigenvalue weighted by atomic mass is 10.2. The predicted octanol–water partition coefficient (Wildman–Crippen LogP) is 3.50. The zero-order valence-electron chi connectivity index (χ0n) is 14.9. The van der Waals surface area contributed by atoms with Crippen molar-refractivity contribution in [2.45, 2.75) is 39.8 Å². The van der Waals surface area contributed by atoms with Gasteiger partial charge in [-0.15, -0.1) is 11.3 Å². The number of hydrogen-bond donors (Lipinski definition) is 2. The number of nitrogens with one attached hydrogen (secondary N) is 2. The molecular formula is C18H21N5O2S. The van der Waals surface area contributed by atoms with Crippen LogP contribution in [0.1, 0.15) is 51.6 Å². The van der Waals surface area contributed by atoms with E-state index in [4.69, 9.17) is 4.52 Å². The number of anilines is 1. The summed E-state index contributed by atoms with van der Waals surface area (Å²) in [6, 6.07) is 7.72. The highest BCUT2D eigenvalue weighted by atomic mass is 32.1. The fourth-order valence-corrected chi connectivity index (χ4v) is 3.06. The second-order valence-electron chi connectivity index (χ2n) is 6.18. The van der Waals surface area contributed by atoms with E-state index in [2.05, 4.69) is 44.8 Å². The van der Waals surface area contributed by atoms with Gasteiger partial charge in [-0.05, 0) is 31.2 Å². The predicted molar refractivity (Wildman–Crippen MR) is 100 cm³/mol. The summed E-state index contributed by atoms with van der Waals surface area (Å²) in [7, 11) is 0. The maximum atomic E-state index is 12.2. The van der Waals surface area contributed by atoms with Crippen LogP contribution in [0.4, 0.5) is 5.82 Å². The monoisotopic (exact) mass is 371 g/mol. The number of pyridine rings is 1. The van der Waals surface area contributed by atoms with Crippen LogP contribution < -0.4 is 10.6 Å². The number of carbonyl (C=O) groups is 1. The van der Waals surface area contributed by atoms with Gasteiger partial charge in [0.25, 0.3) is 5.91 Å². The maximum Gasteiger partial charge on any atom is 0.253 e. The van der Waals surface area contributed by atoms with Gasteiger partial charge in [-0.3, -0.25) is 4.79 Å². The van der Waals surface area contributed by atoms with Gasteiger partial charge in [-0.1, -0.05) is 19.0 Å². The summed E-state index contributed by atoms with van der Waals surface area (Å²) >= 11 is 1.75. The molecule has 136 valence electrons. The molecule has 26 heavy (non-hydrogen) atoms. The first-order valence-electron chi connectivity index (χ1n) is 8.37. The molecule has 8 heteroatoms. The van der Waals surface area contributed by atoms with Gasteiger partial charge in [0.05, 0.1) is 18.7 Å². The molecule has 0 saturated heterocycles. The minimum atomic E-state index is -0.228. The Labute approximate surface area is 155 Å². The molecular weight excluding hydrogens is 350 g/mol. The van der Waals surface area contributed by atoms with Gasteiger partial charge in [-0.25, -0.2) is 4.98 Å². The highest BCUT2D eigenvalue weighted by Gasteiger charge is 2.12. The van der Waals surface area contributed by atoms with E-state index < -0.39 is 0 Å². The van der Waals surface area contributed by atoms with E-state index in [-0.39, 0.29) is 18.4 Å². The molecule has 0 aliphatic rings. The van der Waals surface area contributed by atoms with Crippen LogP contribution in [-0.2, 0) is 13.1 Å². The van der Waals surface area contributed by atoms with Crippen molar-refractivity contribution >= 4 is 23.1 Å². The lowest BCUT2D eigenvalue weighted by Crippen LogP contribution is -2.23. The molecule has 0 aliphatic carbocycles. The lowest BCUT2D eigenvalue weighted by molar-refractivity contribution is 0.0949.